The normalized spacial score (nSPS) is 13.0. The van der Waals surface area contributed by atoms with Gasteiger partial charge in [0.25, 0.3) is 5.91 Å². The summed E-state index contributed by atoms with van der Waals surface area (Å²) in [5.74, 6) is 0.0246. The van der Waals surface area contributed by atoms with Gasteiger partial charge in [-0.1, -0.05) is 31.5 Å². The van der Waals surface area contributed by atoms with Crippen LogP contribution in [0.1, 0.15) is 35.7 Å². The molecule has 0 atom stereocenters. The molecule has 0 saturated heterocycles. The molecular weight excluding hydrogens is 274 g/mol. The highest BCUT2D eigenvalue weighted by molar-refractivity contribution is 6.07. The molecule has 4 nitrogen and oxygen atoms in total. The van der Waals surface area contributed by atoms with Gasteiger partial charge in [0.1, 0.15) is 0 Å². The Morgan fingerprint density at radius 1 is 1.32 bits per heavy atom. The molecule has 1 aliphatic rings. The molecule has 1 aromatic heterocycles. The largest absolute Gasteiger partial charge is 0.384 e. The number of carbonyl (C=O) groups is 1. The van der Waals surface area contributed by atoms with Crippen LogP contribution in [-0.4, -0.2) is 24.0 Å². The van der Waals surface area contributed by atoms with Gasteiger partial charge in [-0.25, -0.2) is 0 Å². The first-order chi connectivity index (χ1) is 10.8. The maximum atomic E-state index is 12.8. The zero-order valence-corrected chi connectivity index (χ0v) is 12.9. The van der Waals surface area contributed by atoms with Crippen LogP contribution in [0.4, 0.5) is 11.4 Å². The Balaban J connectivity index is 1.77. The Labute approximate surface area is 131 Å². The van der Waals surface area contributed by atoms with E-state index in [0.29, 0.717) is 5.56 Å². The Bertz CT molecular complexity index is 669. The number of benzene rings is 1. The zero-order chi connectivity index (χ0) is 15.4. The minimum atomic E-state index is 0.0246. The standard InChI is InChI=1S/C18H21N3O/c1-2-3-9-20-16-11-15(12-19-13-16)18(22)21-10-8-14-6-4-5-7-17(14)21/h4-7,11-13,20H,2-3,8-10H2,1H3. The highest BCUT2D eigenvalue weighted by Gasteiger charge is 2.25. The van der Waals surface area contributed by atoms with E-state index in [1.807, 2.05) is 29.2 Å². The molecule has 0 saturated carbocycles. The summed E-state index contributed by atoms with van der Waals surface area (Å²) in [5.41, 5.74) is 3.81. The van der Waals surface area contributed by atoms with Gasteiger partial charge in [0.15, 0.2) is 0 Å². The van der Waals surface area contributed by atoms with Crippen LogP contribution < -0.4 is 10.2 Å². The van der Waals surface area contributed by atoms with Gasteiger partial charge in [0.05, 0.1) is 11.3 Å². The molecule has 4 heteroatoms. The third-order valence-corrected chi connectivity index (χ3v) is 3.98. The van der Waals surface area contributed by atoms with Gasteiger partial charge in [0.2, 0.25) is 0 Å². The van der Waals surface area contributed by atoms with E-state index in [9.17, 15) is 4.79 Å². The number of anilines is 2. The number of pyridine rings is 1. The van der Waals surface area contributed by atoms with E-state index in [2.05, 4.69) is 23.3 Å². The number of nitrogens with one attached hydrogen (secondary N) is 1. The second-order valence-corrected chi connectivity index (χ2v) is 5.58. The minimum absolute atomic E-state index is 0.0246. The summed E-state index contributed by atoms with van der Waals surface area (Å²) in [6.07, 6.45) is 6.59. The SMILES string of the molecule is CCCCNc1cncc(C(=O)N2CCc3ccccc32)c1. The van der Waals surface area contributed by atoms with Crippen molar-refractivity contribution >= 4 is 17.3 Å². The van der Waals surface area contributed by atoms with E-state index < -0.39 is 0 Å². The molecule has 0 radical (unpaired) electrons. The summed E-state index contributed by atoms with van der Waals surface area (Å²) in [6, 6.07) is 9.99. The number of para-hydroxylation sites is 1. The molecule has 0 unspecified atom stereocenters. The van der Waals surface area contributed by atoms with Gasteiger partial charge < -0.3 is 10.2 Å². The second kappa shape index (κ2) is 6.60. The molecule has 0 aliphatic carbocycles. The number of fused-ring (bicyclic) bond motifs is 1. The van der Waals surface area contributed by atoms with Crippen molar-refractivity contribution in [2.24, 2.45) is 0 Å². The van der Waals surface area contributed by atoms with E-state index >= 15 is 0 Å². The van der Waals surface area contributed by atoms with E-state index in [0.717, 1.165) is 43.7 Å². The van der Waals surface area contributed by atoms with Crippen LogP contribution in [0.2, 0.25) is 0 Å². The highest BCUT2D eigenvalue weighted by Crippen LogP contribution is 2.29. The van der Waals surface area contributed by atoms with E-state index in [1.54, 1.807) is 12.4 Å². The lowest BCUT2D eigenvalue weighted by Crippen LogP contribution is -2.29. The highest BCUT2D eigenvalue weighted by atomic mass is 16.2. The van der Waals surface area contributed by atoms with E-state index in [1.165, 1.54) is 5.56 Å². The van der Waals surface area contributed by atoms with Crippen LogP contribution in [0.5, 0.6) is 0 Å². The van der Waals surface area contributed by atoms with Gasteiger partial charge in [0, 0.05) is 31.2 Å². The van der Waals surface area contributed by atoms with Crippen molar-refractivity contribution in [2.75, 3.05) is 23.3 Å². The molecular formula is C18H21N3O. The molecule has 0 fully saturated rings. The quantitative estimate of drug-likeness (QED) is 0.859. The third kappa shape index (κ3) is 2.96. The van der Waals surface area contributed by atoms with E-state index in [-0.39, 0.29) is 5.91 Å². The van der Waals surface area contributed by atoms with Crippen molar-refractivity contribution in [1.29, 1.82) is 0 Å². The predicted octanol–water partition coefficient (Wildman–Crippen LogP) is 3.50. The average Bonchev–Trinajstić information content (AvgIpc) is 2.99. The smallest absolute Gasteiger partial charge is 0.259 e. The number of nitrogens with zero attached hydrogens (tertiary/aromatic N) is 2. The Kier molecular flexibility index (Phi) is 4.37. The number of aromatic nitrogens is 1. The zero-order valence-electron chi connectivity index (χ0n) is 12.9. The summed E-state index contributed by atoms with van der Waals surface area (Å²) < 4.78 is 0. The molecule has 0 bridgehead atoms. The van der Waals surface area contributed by atoms with Crippen LogP contribution in [0, 0.1) is 0 Å². The topological polar surface area (TPSA) is 45.2 Å². The molecule has 1 amide bonds. The monoisotopic (exact) mass is 295 g/mol. The molecule has 0 spiro atoms. The lowest BCUT2D eigenvalue weighted by molar-refractivity contribution is 0.0989. The third-order valence-electron chi connectivity index (χ3n) is 3.98. The van der Waals surface area contributed by atoms with E-state index in [4.69, 9.17) is 0 Å². The maximum absolute atomic E-state index is 12.8. The lowest BCUT2D eigenvalue weighted by atomic mass is 10.2. The van der Waals surface area contributed by atoms with Crippen molar-refractivity contribution in [1.82, 2.24) is 4.98 Å². The Hall–Kier alpha value is -2.36. The average molecular weight is 295 g/mol. The summed E-state index contributed by atoms with van der Waals surface area (Å²) >= 11 is 0. The first-order valence-corrected chi connectivity index (χ1v) is 7.88. The van der Waals surface area contributed by atoms with Crippen molar-refractivity contribution in [3.8, 4) is 0 Å². The van der Waals surface area contributed by atoms with Crippen LogP contribution in [0.25, 0.3) is 0 Å². The number of hydrogen-bond donors (Lipinski definition) is 1. The van der Waals surface area contributed by atoms with Crippen molar-refractivity contribution in [3.05, 3.63) is 53.9 Å². The van der Waals surface area contributed by atoms with Gasteiger partial charge in [-0.2, -0.15) is 0 Å². The fourth-order valence-electron chi connectivity index (χ4n) is 2.77. The predicted molar refractivity (Wildman–Crippen MR) is 89.5 cm³/mol. The second-order valence-electron chi connectivity index (χ2n) is 5.58. The Morgan fingerprint density at radius 2 is 2.18 bits per heavy atom. The van der Waals surface area contributed by atoms with Crippen molar-refractivity contribution in [3.63, 3.8) is 0 Å². The maximum Gasteiger partial charge on any atom is 0.259 e. The fraction of sp³-hybridized carbons (Fsp3) is 0.333. The fourth-order valence-corrected chi connectivity index (χ4v) is 2.77. The van der Waals surface area contributed by atoms with Gasteiger partial charge in [-0.15, -0.1) is 0 Å². The summed E-state index contributed by atoms with van der Waals surface area (Å²) in [5, 5.41) is 3.32. The lowest BCUT2D eigenvalue weighted by Gasteiger charge is -2.17. The van der Waals surface area contributed by atoms with Crippen LogP contribution >= 0.6 is 0 Å². The van der Waals surface area contributed by atoms with Gasteiger partial charge in [-0.3, -0.25) is 9.78 Å². The molecule has 22 heavy (non-hydrogen) atoms. The van der Waals surface area contributed by atoms with Crippen LogP contribution in [-0.2, 0) is 6.42 Å². The van der Waals surface area contributed by atoms with Crippen LogP contribution in [0.15, 0.2) is 42.7 Å². The molecule has 1 aromatic carbocycles. The first kappa shape index (κ1) is 14.6. The first-order valence-electron chi connectivity index (χ1n) is 7.88. The number of amides is 1. The number of carbonyl (C=O) groups excluding carboxylic acids is 1. The summed E-state index contributed by atoms with van der Waals surface area (Å²) in [7, 11) is 0. The van der Waals surface area contributed by atoms with Crippen molar-refractivity contribution < 1.29 is 4.79 Å². The number of hydrogen-bond acceptors (Lipinski definition) is 3. The molecule has 3 rings (SSSR count). The minimum Gasteiger partial charge on any atom is -0.384 e. The molecule has 2 heterocycles. The summed E-state index contributed by atoms with van der Waals surface area (Å²) in [6.45, 7) is 3.80. The van der Waals surface area contributed by atoms with Gasteiger partial charge >= 0.3 is 0 Å². The molecule has 2 aromatic rings. The van der Waals surface area contributed by atoms with Crippen LogP contribution in [0.3, 0.4) is 0 Å². The number of rotatable bonds is 5. The summed E-state index contributed by atoms with van der Waals surface area (Å²) in [4.78, 5) is 18.8. The molecule has 1 N–H and O–H groups in total. The van der Waals surface area contributed by atoms with Gasteiger partial charge in [-0.05, 0) is 30.5 Å². The molecule has 114 valence electrons. The molecule has 1 aliphatic heterocycles. The number of unbranched alkanes of at least 4 members (excludes halogenated alkanes) is 1. The Morgan fingerprint density at radius 3 is 3.05 bits per heavy atom. The van der Waals surface area contributed by atoms with Crippen molar-refractivity contribution in [2.45, 2.75) is 26.2 Å².